The molecule has 21 heavy (non-hydrogen) atoms. The minimum atomic E-state index is -0.708. The quantitative estimate of drug-likeness (QED) is 0.833. The van der Waals surface area contributed by atoms with Gasteiger partial charge in [0.05, 0.1) is 11.6 Å². The monoisotopic (exact) mass is 305 g/mol. The number of rotatable bonds is 6. The third-order valence-corrected chi connectivity index (χ3v) is 3.08. The number of hydrogen-bond donors (Lipinski definition) is 1. The van der Waals surface area contributed by atoms with Crippen LogP contribution in [0.25, 0.3) is 0 Å². The van der Waals surface area contributed by atoms with Gasteiger partial charge in [0.25, 0.3) is 5.91 Å². The van der Waals surface area contributed by atoms with Gasteiger partial charge in [0.1, 0.15) is 5.75 Å². The van der Waals surface area contributed by atoms with Crippen molar-refractivity contribution >= 4 is 17.5 Å². The van der Waals surface area contributed by atoms with E-state index in [2.05, 4.69) is 5.48 Å². The molecule has 0 heterocycles. The summed E-state index contributed by atoms with van der Waals surface area (Å²) in [5.74, 6) is 0.0933. The van der Waals surface area contributed by atoms with Crippen molar-refractivity contribution in [3.8, 4) is 5.75 Å². The molecule has 0 saturated carbocycles. The van der Waals surface area contributed by atoms with Crippen molar-refractivity contribution in [1.82, 2.24) is 5.48 Å². The van der Waals surface area contributed by atoms with Gasteiger partial charge < -0.3 is 4.74 Å². The molecule has 2 aromatic rings. The summed E-state index contributed by atoms with van der Waals surface area (Å²) in [5.41, 5.74) is 3.33. The van der Waals surface area contributed by atoms with Crippen molar-refractivity contribution in [3.63, 3.8) is 0 Å². The molecule has 0 saturated heterocycles. The number of para-hydroxylation sites is 1. The summed E-state index contributed by atoms with van der Waals surface area (Å²) in [6.45, 7) is 1.93. The van der Waals surface area contributed by atoms with Crippen LogP contribution in [0.1, 0.15) is 12.5 Å². The maximum atomic E-state index is 11.8. The van der Waals surface area contributed by atoms with Crippen molar-refractivity contribution in [3.05, 3.63) is 65.2 Å². The van der Waals surface area contributed by atoms with Crippen LogP contribution in [0.3, 0.4) is 0 Å². The van der Waals surface area contributed by atoms with Crippen molar-refractivity contribution < 1.29 is 14.4 Å². The van der Waals surface area contributed by atoms with Crippen LogP contribution in [0.15, 0.2) is 54.6 Å². The van der Waals surface area contributed by atoms with E-state index in [1.807, 2.05) is 30.3 Å². The number of halogens is 1. The van der Waals surface area contributed by atoms with Gasteiger partial charge in [0.15, 0.2) is 6.10 Å². The molecule has 0 bridgehead atoms. The SMILES string of the molecule is CC(Oc1ccccc1Cl)C(=O)NOCc1ccccc1. The van der Waals surface area contributed by atoms with Crippen LogP contribution in [0.2, 0.25) is 5.02 Å². The van der Waals surface area contributed by atoms with Crippen LogP contribution < -0.4 is 10.2 Å². The van der Waals surface area contributed by atoms with Gasteiger partial charge in [0, 0.05) is 0 Å². The third-order valence-electron chi connectivity index (χ3n) is 2.76. The molecule has 1 atom stereocenters. The van der Waals surface area contributed by atoms with Crippen molar-refractivity contribution in [2.24, 2.45) is 0 Å². The molecule has 110 valence electrons. The lowest BCUT2D eigenvalue weighted by molar-refractivity contribution is -0.141. The van der Waals surface area contributed by atoms with E-state index in [4.69, 9.17) is 21.2 Å². The largest absolute Gasteiger partial charge is 0.479 e. The highest BCUT2D eigenvalue weighted by atomic mass is 35.5. The molecule has 0 aromatic heterocycles. The number of amides is 1. The summed E-state index contributed by atoms with van der Waals surface area (Å²) in [5, 5.41) is 0.461. The van der Waals surface area contributed by atoms with Gasteiger partial charge in [-0.3, -0.25) is 9.63 Å². The Morgan fingerprint density at radius 1 is 1.14 bits per heavy atom. The molecule has 4 nitrogen and oxygen atoms in total. The Kier molecular flexibility index (Phi) is 5.60. The predicted octanol–water partition coefficient (Wildman–Crippen LogP) is 3.36. The van der Waals surface area contributed by atoms with E-state index in [1.165, 1.54) is 0 Å². The van der Waals surface area contributed by atoms with Crippen LogP contribution in [-0.4, -0.2) is 12.0 Å². The first-order valence-corrected chi connectivity index (χ1v) is 6.91. The number of carbonyl (C=O) groups is 1. The van der Waals surface area contributed by atoms with E-state index in [0.717, 1.165) is 5.56 Å². The zero-order valence-corrected chi connectivity index (χ0v) is 12.3. The van der Waals surface area contributed by atoms with Gasteiger partial charge in [0.2, 0.25) is 0 Å². The van der Waals surface area contributed by atoms with Gasteiger partial charge in [-0.25, -0.2) is 5.48 Å². The lowest BCUT2D eigenvalue weighted by atomic mass is 10.2. The van der Waals surface area contributed by atoms with Crippen LogP contribution >= 0.6 is 11.6 Å². The van der Waals surface area contributed by atoms with Crippen LogP contribution in [0.5, 0.6) is 5.75 Å². The number of nitrogens with one attached hydrogen (secondary N) is 1. The number of hydrogen-bond acceptors (Lipinski definition) is 3. The fourth-order valence-electron chi connectivity index (χ4n) is 1.63. The number of benzene rings is 2. The zero-order valence-electron chi connectivity index (χ0n) is 11.6. The first-order valence-electron chi connectivity index (χ1n) is 6.53. The Morgan fingerprint density at radius 3 is 2.52 bits per heavy atom. The summed E-state index contributed by atoms with van der Waals surface area (Å²) >= 11 is 5.97. The fourth-order valence-corrected chi connectivity index (χ4v) is 1.81. The third kappa shape index (κ3) is 4.77. The Hall–Kier alpha value is -2.04. The number of ether oxygens (including phenoxy) is 1. The second-order valence-electron chi connectivity index (χ2n) is 4.43. The average molecular weight is 306 g/mol. The highest BCUT2D eigenvalue weighted by molar-refractivity contribution is 6.32. The highest BCUT2D eigenvalue weighted by Gasteiger charge is 2.15. The van der Waals surface area contributed by atoms with Gasteiger partial charge in [-0.1, -0.05) is 54.1 Å². The smallest absolute Gasteiger partial charge is 0.284 e. The summed E-state index contributed by atoms with van der Waals surface area (Å²) in [6.07, 6.45) is -0.708. The minimum absolute atomic E-state index is 0.297. The molecule has 0 radical (unpaired) electrons. The molecular weight excluding hydrogens is 290 g/mol. The molecule has 0 aliphatic rings. The normalized spacial score (nSPS) is 11.7. The van der Waals surface area contributed by atoms with Crippen molar-refractivity contribution in [2.45, 2.75) is 19.6 Å². The lowest BCUT2D eigenvalue weighted by Gasteiger charge is -2.15. The summed E-state index contributed by atoms with van der Waals surface area (Å²) < 4.78 is 5.49. The van der Waals surface area contributed by atoms with E-state index < -0.39 is 6.10 Å². The van der Waals surface area contributed by atoms with Crippen molar-refractivity contribution in [2.75, 3.05) is 0 Å². The minimum Gasteiger partial charge on any atom is -0.479 e. The van der Waals surface area contributed by atoms with Crippen LogP contribution in [-0.2, 0) is 16.2 Å². The Morgan fingerprint density at radius 2 is 1.81 bits per heavy atom. The second kappa shape index (κ2) is 7.67. The summed E-state index contributed by atoms with van der Waals surface area (Å²) in [4.78, 5) is 17.0. The topological polar surface area (TPSA) is 47.6 Å². The Bertz CT molecular complexity index is 589. The fraction of sp³-hybridized carbons (Fsp3) is 0.188. The summed E-state index contributed by atoms with van der Waals surface area (Å²) in [6, 6.07) is 16.5. The van der Waals surface area contributed by atoms with Gasteiger partial charge in [-0.05, 0) is 24.6 Å². The van der Waals surface area contributed by atoms with E-state index in [0.29, 0.717) is 17.4 Å². The maximum absolute atomic E-state index is 11.8. The molecule has 1 N–H and O–H groups in total. The van der Waals surface area contributed by atoms with Crippen molar-refractivity contribution in [1.29, 1.82) is 0 Å². The van der Waals surface area contributed by atoms with Gasteiger partial charge >= 0.3 is 0 Å². The molecule has 0 aliphatic carbocycles. The molecule has 0 spiro atoms. The van der Waals surface area contributed by atoms with Gasteiger partial charge in [-0.2, -0.15) is 0 Å². The van der Waals surface area contributed by atoms with E-state index >= 15 is 0 Å². The average Bonchev–Trinajstić information content (AvgIpc) is 2.50. The number of hydroxylamine groups is 1. The first-order chi connectivity index (χ1) is 10.2. The highest BCUT2D eigenvalue weighted by Crippen LogP contribution is 2.24. The zero-order chi connectivity index (χ0) is 15.1. The molecule has 1 unspecified atom stereocenters. The molecule has 0 fully saturated rings. The van der Waals surface area contributed by atoms with E-state index in [9.17, 15) is 4.79 Å². The lowest BCUT2D eigenvalue weighted by Crippen LogP contribution is -2.36. The number of carbonyl (C=O) groups excluding carboxylic acids is 1. The molecule has 0 aliphatic heterocycles. The molecule has 2 rings (SSSR count). The van der Waals surface area contributed by atoms with Gasteiger partial charge in [-0.15, -0.1) is 0 Å². The summed E-state index contributed by atoms with van der Waals surface area (Å²) in [7, 11) is 0. The van der Waals surface area contributed by atoms with Crippen LogP contribution in [0.4, 0.5) is 0 Å². The molecule has 1 amide bonds. The van der Waals surface area contributed by atoms with E-state index in [-0.39, 0.29) is 5.91 Å². The molecule has 5 heteroatoms. The van der Waals surface area contributed by atoms with Crippen LogP contribution in [0, 0.1) is 0 Å². The standard InChI is InChI=1S/C16H16ClNO3/c1-12(21-15-10-6-5-9-14(15)17)16(19)18-20-11-13-7-3-2-4-8-13/h2-10,12H,11H2,1H3,(H,18,19). The Balaban J connectivity index is 1.79. The molecular formula is C16H16ClNO3. The van der Waals surface area contributed by atoms with E-state index in [1.54, 1.807) is 31.2 Å². The predicted molar refractivity (Wildman–Crippen MR) is 80.9 cm³/mol. The maximum Gasteiger partial charge on any atom is 0.284 e. The second-order valence-corrected chi connectivity index (χ2v) is 4.84. The first kappa shape index (κ1) is 15.4. The molecule has 2 aromatic carbocycles. The Labute approximate surface area is 128 Å².